The van der Waals surface area contributed by atoms with E-state index in [1.165, 1.54) is 25.0 Å². The van der Waals surface area contributed by atoms with Gasteiger partial charge in [-0.05, 0) is 43.0 Å². The summed E-state index contributed by atoms with van der Waals surface area (Å²) in [5.74, 6) is 1.40. The lowest BCUT2D eigenvalue weighted by molar-refractivity contribution is 0.546. The van der Waals surface area contributed by atoms with Gasteiger partial charge in [0.05, 0.1) is 23.1 Å². The van der Waals surface area contributed by atoms with Gasteiger partial charge in [-0.3, -0.25) is 5.10 Å². The molecule has 8 heteroatoms. The summed E-state index contributed by atoms with van der Waals surface area (Å²) in [5, 5.41) is 14.4. The van der Waals surface area contributed by atoms with Crippen LogP contribution in [0.15, 0.2) is 30.3 Å². The number of aromatic amines is 1. The fourth-order valence-corrected chi connectivity index (χ4v) is 3.88. The molecule has 0 spiro atoms. The zero-order valence-electron chi connectivity index (χ0n) is 16.1. The summed E-state index contributed by atoms with van der Waals surface area (Å²) in [6.07, 6.45) is 3.99. The number of rotatable bonds is 6. The van der Waals surface area contributed by atoms with Gasteiger partial charge in [0, 0.05) is 31.0 Å². The summed E-state index contributed by atoms with van der Waals surface area (Å²) in [6, 6.07) is 8.59. The molecule has 0 bridgehead atoms. The van der Waals surface area contributed by atoms with Gasteiger partial charge in [-0.15, -0.1) is 0 Å². The lowest BCUT2D eigenvalue weighted by Crippen LogP contribution is -2.33. The highest BCUT2D eigenvalue weighted by molar-refractivity contribution is 5.52. The largest absolute Gasteiger partial charge is 0.383 e. The third-order valence-electron chi connectivity index (χ3n) is 5.59. The zero-order valence-corrected chi connectivity index (χ0v) is 16.1. The molecule has 150 valence electrons. The number of nitrogens with one attached hydrogen (secondary N) is 3. The third-order valence-corrected chi connectivity index (χ3v) is 5.59. The highest BCUT2D eigenvalue weighted by Gasteiger charge is 2.31. The van der Waals surface area contributed by atoms with Gasteiger partial charge < -0.3 is 16.4 Å². The van der Waals surface area contributed by atoms with Crippen molar-refractivity contribution in [1.29, 1.82) is 0 Å². The molecule has 0 radical (unpaired) electrons. The summed E-state index contributed by atoms with van der Waals surface area (Å²) in [7, 11) is 0. The highest BCUT2D eigenvalue weighted by Crippen LogP contribution is 2.40. The summed E-state index contributed by atoms with van der Waals surface area (Å²) in [4.78, 5) is 9.20. The van der Waals surface area contributed by atoms with Gasteiger partial charge in [-0.25, -0.2) is 9.37 Å². The fourth-order valence-electron chi connectivity index (χ4n) is 3.88. The third kappa shape index (κ3) is 3.80. The molecule has 5 N–H and O–H groups in total. The van der Waals surface area contributed by atoms with Crippen molar-refractivity contribution in [2.45, 2.75) is 37.6 Å². The molecule has 3 aromatic rings. The topological polar surface area (TPSA) is 105 Å². The van der Waals surface area contributed by atoms with Gasteiger partial charge in [0.2, 0.25) is 5.95 Å². The number of nitrogens with two attached hydrogens (primary N) is 1. The van der Waals surface area contributed by atoms with E-state index in [0.29, 0.717) is 24.2 Å². The molecule has 1 fully saturated rings. The zero-order chi connectivity index (χ0) is 19.8. The monoisotopic (exact) mass is 393 g/mol. The number of fused-ring (bicyclic) bond motifs is 1. The molecular weight excluding hydrogens is 369 g/mol. The van der Waals surface area contributed by atoms with Gasteiger partial charge in [0.25, 0.3) is 0 Å². The normalized spacial score (nSPS) is 18.4. The van der Waals surface area contributed by atoms with Crippen LogP contribution in [-0.2, 0) is 12.8 Å². The highest BCUT2D eigenvalue weighted by atomic mass is 19.1. The molecule has 1 aliphatic heterocycles. The Kier molecular flexibility index (Phi) is 4.63. The van der Waals surface area contributed by atoms with Gasteiger partial charge >= 0.3 is 0 Å². The first-order valence-electron chi connectivity index (χ1n) is 10.1. The number of hydrogen-bond acceptors (Lipinski definition) is 6. The Labute approximate surface area is 168 Å². The average Bonchev–Trinajstić information content (AvgIpc) is 3.46. The van der Waals surface area contributed by atoms with Crippen molar-refractivity contribution in [2.24, 2.45) is 0 Å². The first-order chi connectivity index (χ1) is 14.2. The molecule has 29 heavy (non-hydrogen) atoms. The van der Waals surface area contributed by atoms with Crippen LogP contribution in [0.1, 0.15) is 53.0 Å². The lowest BCUT2D eigenvalue weighted by atomic mass is 9.96. The van der Waals surface area contributed by atoms with Crippen molar-refractivity contribution >= 4 is 11.8 Å². The quantitative estimate of drug-likeness (QED) is 0.513. The van der Waals surface area contributed by atoms with Crippen LogP contribution in [0.25, 0.3) is 0 Å². The number of halogens is 1. The molecule has 5 rings (SSSR count). The minimum atomic E-state index is -0.225. The maximum Gasteiger partial charge on any atom is 0.224 e. The van der Waals surface area contributed by atoms with E-state index in [-0.39, 0.29) is 11.9 Å². The van der Waals surface area contributed by atoms with E-state index >= 15 is 0 Å². The van der Waals surface area contributed by atoms with E-state index in [1.807, 2.05) is 0 Å². The van der Waals surface area contributed by atoms with E-state index in [0.717, 1.165) is 47.6 Å². The van der Waals surface area contributed by atoms with Gasteiger partial charge in [-0.2, -0.15) is 10.1 Å². The average molecular weight is 393 g/mol. The molecule has 0 saturated heterocycles. The molecule has 3 heterocycles. The van der Waals surface area contributed by atoms with Crippen LogP contribution in [0.2, 0.25) is 0 Å². The van der Waals surface area contributed by atoms with E-state index in [1.54, 1.807) is 12.1 Å². The first kappa shape index (κ1) is 18.1. The maximum absolute atomic E-state index is 13.0. The molecule has 2 aliphatic rings. The molecule has 1 atom stereocenters. The summed E-state index contributed by atoms with van der Waals surface area (Å²) >= 11 is 0. The van der Waals surface area contributed by atoms with Crippen LogP contribution in [0.3, 0.4) is 0 Å². The molecular formula is C21H24FN7. The molecule has 1 aromatic carbocycles. The van der Waals surface area contributed by atoms with Crippen LogP contribution < -0.4 is 16.4 Å². The van der Waals surface area contributed by atoms with Crippen molar-refractivity contribution in [1.82, 2.24) is 25.5 Å². The Morgan fingerprint density at radius 3 is 2.79 bits per heavy atom. The van der Waals surface area contributed by atoms with Crippen molar-refractivity contribution < 1.29 is 4.39 Å². The molecule has 2 aromatic heterocycles. The molecule has 7 nitrogen and oxygen atoms in total. The SMILES string of the molecule is Nc1nc(NCCc2ccc(F)cc2)nc2c1[C@@H](c1cc(C3CC3)n[nH]1)NCC2. The number of anilines is 2. The number of aromatic nitrogens is 4. The lowest BCUT2D eigenvalue weighted by Gasteiger charge is -2.26. The van der Waals surface area contributed by atoms with Crippen molar-refractivity contribution in [3.05, 3.63) is 64.4 Å². The molecule has 0 unspecified atom stereocenters. The van der Waals surface area contributed by atoms with E-state index < -0.39 is 0 Å². The number of H-pyrrole nitrogens is 1. The minimum absolute atomic E-state index is 0.0629. The number of nitrogen functional groups attached to an aromatic ring is 1. The number of nitrogens with zero attached hydrogens (tertiary/aromatic N) is 3. The Morgan fingerprint density at radius 1 is 1.17 bits per heavy atom. The van der Waals surface area contributed by atoms with Gasteiger partial charge in [0.15, 0.2) is 0 Å². The Balaban J connectivity index is 1.31. The van der Waals surface area contributed by atoms with E-state index in [2.05, 4.69) is 31.9 Å². The molecule has 1 aliphatic carbocycles. The van der Waals surface area contributed by atoms with Gasteiger partial charge in [-0.1, -0.05) is 12.1 Å². The summed E-state index contributed by atoms with van der Waals surface area (Å²) in [5.41, 5.74) is 11.4. The minimum Gasteiger partial charge on any atom is -0.383 e. The van der Waals surface area contributed by atoms with Crippen LogP contribution in [0.4, 0.5) is 16.2 Å². The predicted octanol–water partition coefficient (Wildman–Crippen LogP) is 2.69. The molecule has 0 amide bonds. The standard InChI is InChI=1S/C21H24FN7/c22-14-5-1-12(2-6-14)7-9-25-21-26-15-8-10-24-19(18(15)20(23)27-21)17-11-16(28-29-17)13-3-4-13/h1-2,5-6,11,13,19,24H,3-4,7-10H2,(H,28,29)(H3,23,25,26,27)/t19-/m1/s1. The smallest absolute Gasteiger partial charge is 0.224 e. The predicted molar refractivity (Wildman–Crippen MR) is 109 cm³/mol. The number of benzene rings is 1. The van der Waals surface area contributed by atoms with E-state index in [4.69, 9.17) is 10.7 Å². The van der Waals surface area contributed by atoms with Crippen LogP contribution >= 0.6 is 0 Å². The van der Waals surface area contributed by atoms with Crippen LogP contribution in [0.5, 0.6) is 0 Å². The second-order valence-corrected chi connectivity index (χ2v) is 7.76. The van der Waals surface area contributed by atoms with Crippen molar-refractivity contribution in [3.63, 3.8) is 0 Å². The Hall–Kier alpha value is -3.00. The van der Waals surface area contributed by atoms with Crippen molar-refractivity contribution in [2.75, 3.05) is 24.1 Å². The van der Waals surface area contributed by atoms with Crippen molar-refractivity contribution in [3.8, 4) is 0 Å². The van der Waals surface area contributed by atoms with Crippen LogP contribution in [0, 0.1) is 5.82 Å². The maximum atomic E-state index is 13.0. The second-order valence-electron chi connectivity index (χ2n) is 7.76. The van der Waals surface area contributed by atoms with E-state index in [9.17, 15) is 4.39 Å². The summed E-state index contributed by atoms with van der Waals surface area (Å²) < 4.78 is 13.0. The molecule has 1 saturated carbocycles. The Morgan fingerprint density at radius 2 is 2.00 bits per heavy atom. The van der Waals surface area contributed by atoms with Gasteiger partial charge in [0.1, 0.15) is 11.6 Å². The first-order valence-corrected chi connectivity index (χ1v) is 10.1. The second kappa shape index (κ2) is 7.44. The Bertz CT molecular complexity index is 1010. The van der Waals surface area contributed by atoms with Crippen LogP contribution in [-0.4, -0.2) is 33.3 Å². The number of hydrogen-bond donors (Lipinski definition) is 4. The summed E-state index contributed by atoms with van der Waals surface area (Å²) in [6.45, 7) is 1.47. The fraction of sp³-hybridized carbons (Fsp3) is 0.381.